The molecule has 2 rings (SSSR count). The number of halogens is 2. The molecule has 2 aromatic rings. The molecule has 6 nitrogen and oxygen atoms in total. The Kier molecular flexibility index (Phi) is 5.01. The van der Waals surface area contributed by atoms with E-state index in [4.69, 9.17) is 23.2 Å². The van der Waals surface area contributed by atoms with Crippen LogP contribution in [0.5, 0.6) is 0 Å². The summed E-state index contributed by atoms with van der Waals surface area (Å²) in [7, 11) is 0. The normalized spacial score (nSPS) is 11.5. The van der Waals surface area contributed by atoms with Gasteiger partial charge in [0.05, 0.1) is 5.92 Å². The minimum absolute atomic E-state index is 0.0703. The SMILES string of the molecule is Cc1c(C(=O)O)[nH]c(C(c2[nH]c(C(=O)O)c(C)c2C)C(Cl)Cl)c1C. The summed E-state index contributed by atoms with van der Waals surface area (Å²) >= 11 is 12.3. The van der Waals surface area contributed by atoms with E-state index in [2.05, 4.69) is 9.97 Å². The van der Waals surface area contributed by atoms with Gasteiger partial charge in [-0.2, -0.15) is 0 Å². The molecule has 2 heterocycles. The lowest BCUT2D eigenvalue weighted by Gasteiger charge is -2.18. The first-order valence-corrected chi connectivity index (χ1v) is 8.08. The molecule has 0 atom stereocenters. The summed E-state index contributed by atoms with van der Waals surface area (Å²) in [4.78, 5) is 27.6. The minimum atomic E-state index is -1.08. The summed E-state index contributed by atoms with van der Waals surface area (Å²) in [5.41, 5.74) is 3.90. The number of aromatic nitrogens is 2. The quantitative estimate of drug-likeness (QED) is 0.596. The zero-order chi connectivity index (χ0) is 18.3. The largest absolute Gasteiger partial charge is 0.477 e. The van der Waals surface area contributed by atoms with Crippen LogP contribution in [-0.2, 0) is 0 Å². The lowest BCUT2D eigenvalue weighted by Crippen LogP contribution is -2.13. The van der Waals surface area contributed by atoms with Crippen LogP contribution in [0.15, 0.2) is 0 Å². The van der Waals surface area contributed by atoms with Crippen molar-refractivity contribution in [2.45, 2.75) is 38.4 Å². The average Bonchev–Trinajstić information content (AvgIpc) is 2.93. The monoisotopic (exact) mass is 372 g/mol. The molecule has 4 N–H and O–H groups in total. The number of aromatic carboxylic acids is 2. The van der Waals surface area contributed by atoms with E-state index in [1.54, 1.807) is 27.7 Å². The third kappa shape index (κ3) is 2.91. The van der Waals surface area contributed by atoms with E-state index in [9.17, 15) is 19.8 Å². The number of rotatable bonds is 5. The van der Waals surface area contributed by atoms with E-state index in [0.29, 0.717) is 22.5 Å². The number of hydrogen-bond acceptors (Lipinski definition) is 2. The van der Waals surface area contributed by atoms with Gasteiger partial charge in [-0.05, 0) is 49.9 Å². The second-order valence-electron chi connectivity index (χ2n) is 5.75. The molecular weight excluding hydrogens is 355 g/mol. The highest BCUT2D eigenvalue weighted by atomic mass is 35.5. The Morgan fingerprint density at radius 2 is 1.12 bits per heavy atom. The molecule has 0 aromatic carbocycles. The third-order valence-corrected chi connectivity index (χ3v) is 5.01. The summed E-state index contributed by atoms with van der Waals surface area (Å²) in [5.74, 6) is -2.76. The highest BCUT2D eigenvalue weighted by molar-refractivity contribution is 6.45. The number of hydrogen-bond donors (Lipinski definition) is 4. The summed E-state index contributed by atoms with van der Waals surface area (Å²) < 4.78 is 0. The first kappa shape index (κ1) is 18.4. The van der Waals surface area contributed by atoms with Crippen LogP contribution in [0.2, 0.25) is 0 Å². The topological polar surface area (TPSA) is 106 Å². The summed E-state index contributed by atoms with van der Waals surface area (Å²) in [6.07, 6.45) is 0. The molecule has 0 fully saturated rings. The maximum Gasteiger partial charge on any atom is 0.352 e. The Morgan fingerprint density at radius 1 is 0.792 bits per heavy atom. The van der Waals surface area contributed by atoms with Gasteiger partial charge < -0.3 is 20.2 Å². The van der Waals surface area contributed by atoms with E-state index in [1.807, 2.05) is 0 Å². The van der Waals surface area contributed by atoms with Crippen LogP contribution >= 0.6 is 23.2 Å². The Labute approximate surface area is 148 Å². The molecule has 8 heteroatoms. The molecule has 24 heavy (non-hydrogen) atoms. The fourth-order valence-electron chi connectivity index (χ4n) is 2.87. The predicted molar refractivity (Wildman–Crippen MR) is 91.8 cm³/mol. The number of aromatic amines is 2. The van der Waals surface area contributed by atoms with Crippen molar-refractivity contribution in [1.29, 1.82) is 0 Å². The van der Waals surface area contributed by atoms with Gasteiger partial charge in [0.15, 0.2) is 0 Å². The van der Waals surface area contributed by atoms with Crippen LogP contribution in [0.25, 0.3) is 0 Å². The van der Waals surface area contributed by atoms with Crippen LogP contribution < -0.4 is 0 Å². The lowest BCUT2D eigenvalue weighted by atomic mass is 9.95. The van der Waals surface area contributed by atoms with Crippen LogP contribution in [0.3, 0.4) is 0 Å². The zero-order valence-corrected chi connectivity index (χ0v) is 15.1. The smallest absolute Gasteiger partial charge is 0.352 e. The Morgan fingerprint density at radius 3 is 1.33 bits per heavy atom. The third-order valence-electron chi connectivity index (χ3n) is 4.50. The molecule has 0 radical (unpaired) electrons. The molecule has 0 saturated heterocycles. The Hall–Kier alpha value is -1.92. The van der Waals surface area contributed by atoms with Gasteiger partial charge in [0.2, 0.25) is 0 Å². The summed E-state index contributed by atoms with van der Waals surface area (Å²) in [5, 5.41) is 18.6. The van der Waals surface area contributed by atoms with Crippen molar-refractivity contribution in [3.8, 4) is 0 Å². The molecular formula is C16H18Cl2N2O4. The van der Waals surface area contributed by atoms with Crippen LogP contribution in [0, 0.1) is 27.7 Å². The molecule has 0 bridgehead atoms. The van der Waals surface area contributed by atoms with Gasteiger partial charge in [0.25, 0.3) is 0 Å². The van der Waals surface area contributed by atoms with Gasteiger partial charge >= 0.3 is 11.9 Å². The Bertz CT molecular complexity index is 756. The highest BCUT2D eigenvalue weighted by Crippen LogP contribution is 2.38. The standard InChI is InChI=1S/C16H18Cl2N2O4/c1-5-7(3)12(15(21)22)19-10(5)9(14(17)18)11-6(2)8(4)13(20-11)16(23)24/h9,14,19-20H,1-4H3,(H,21,22)(H,23,24). The number of H-pyrrole nitrogens is 2. The van der Waals surface area contributed by atoms with E-state index in [-0.39, 0.29) is 11.4 Å². The zero-order valence-electron chi connectivity index (χ0n) is 13.6. The molecule has 130 valence electrons. The number of carbonyl (C=O) groups is 2. The highest BCUT2D eigenvalue weighted by Gasteiger charge is 2.32. The molecule has 0 aliphatic heterocycles. The Balaban J connectivity index is 2.69. The number of nitrogens with one attached hydrogen (secondary N) is 2. The molecule has 0 aliphatic rings. The average molecular weight is 373 g/mol. The van der Waals surface area contributed by atoms with E-state index >= 15 is 0 Å². The van der Waals surface area contributed by atoms with Gasteiger partial charge in [0.1, 0.15) is 16.2 Å². The lowest BCUT2D eigenvalue weighted by molar-refractivity contribution is 0.0679. The van der Waals surface area contributed by atoms with Gasteiger partial charge in [-0.25, -0.2) is 9.59 Å². The van der Waals surface area contributed by atoms with Crippen molar-refractivity contribution in [3.05, 3.63) is 45.0 Å². The number of carboxylic acid groups (broad SMARTS) is 2. The molecule has 2 aromatic heterocycles. The van der Waals surface area contributed by atoms with E-state index in [0.717, 1.165) is 11.1 Å². The van der Waals surface area contributed by atoms with Crippen LogP contribution in [0.4, 0.5) is 0 Å². The van der Waals surface area contributed by atoms with Crippen LogP contribution in [-0.4, -0.2) is 37.0 Å². The van der Waals surface area contributed by atoms with Gasteiger partial charge in [-0.3, -0.25) is 0 Å². The van der Waals surface area contributed by atoms with Crippen LogP contribution in [0.1, 0.15) is 60.5 Å². The number of alkyl halides is 2. The maximum absolute atomic E-state index is 11.3. The van der Waals surface area contributed by atoms with Crippen molar-refractivity contribution in [1.82, 2.24) is 9.97 Å². The molecule has 0 amide bonds. The van der Waals surface area contributed by atoms with Crippen molar-refractivity contribution in [2.24, 2.45) is 0 Å². The van der Waals surface area contributed by atoms with Crippen molar-refractivity contribution in [2.75, 3.05) is 0 Å². The minimum Gasteiger partial charge on any atom is -0.477 e. The number of carboxylic acids is 2. The van der Waals surface area contributed by atoms with Crippen molar-refractivity contribution in [3.63, 3.8) is 0 Å². The van der Waals surface area contributed by atoms with Gasteiger partial charge in [-0.1, -0.05) is 0 Å². The van der Waals surface area contributed by atoms with Crippen molar-refractivity contribution < 1.29 is 19.8 Å². The fourth-order valence-corrected chi connectivity index (χ4v) is 3.37. The predicted octanol–water partition coefficient (Wildman–Crippen LogP) is 3.91. The van der Waals surface area contributed by atoms with Gasteiger partial charge in [0, 0.05) is 11.4 Å². The van der Waals surface area contributed by atoms with E-state index < -0.39 is 22.7 Å². The first-order chi connectivity index (χ1) is 11.1. The van der Waals surface area contributed by atoms with Crippen molar-refractivity contribution >= 4 is 35.1 Å². The second-order valence-corrected chi connectivity index (χ2v) is 6.91. The second kappa shape index (κ2) is 6.53. The summed E-state index contributed by atoms with van der Waals surface area (Å²) in [6.45, 7) is 6.95. The summed E-state index contributed by atoms with van der Waals surface area (Å²) in [6, 6.07) is 0. The maximum atomic E-state index is 11.3. The van der Waals surface area contributed by atoms with Gasteiger partial charge in [-0.15, -0.1) is 23.2 Å². The first-order valence-electron chi connectivity index (χ1n) is 7.20. The molecule has 0 aliphatic carbocycles. The van der Waals surface area contributed by atoms with E-state index in [1.165, 1.54) is 0 Å². The molecule has 0 saturated carbocycles. The fraction of sp³-hybridized carbons (Fsp3) is 0.375. The molecule has 0 spiro atoms. The molecule has 0 unspecified atom stereocenters.